The van der Waals surface area contributed by atoms with E-state index in [-0.39, 0.29) is 24.0 Å². The van der Waals surface area contributed by atoms with Crippen LogP contribution < -0.4 is 28.1 Å². The fourth-order valence-corrected chi connectivity index (χ4v) is 1.94. The molecule has 48 valence electrons. The molecule has 0 radical (unpaired) electrons. The normalized spacial score (nSPS) is 8.20. The largest absolute Gasteiger partial charge is 1.00 e. The van der Waals surface area contributed by atoms with Gasteiger partial charge in [0.2, 0.25) is 0 Å². The molecule has 0 atom stereocenters. The first-order valence-corrected chi connectivity index (χ1v) is 4.66. The van der Waals surface area contributed by atoms with Gasteiger partial charge >= 0.3 is 69.9 Å². The van der Waals surface area contributed by atoms with E-state index in [2.05, 4.69) is 6.07 Å². The zero-order valence-corrected chi connectivity index (χ0v) is 11.3. The molecule has 0 aliphatic rings. The summed E-state index contributed by atoms with van der Waals surface area (Å²) in [5, 5.41) is 1.73. The van der Waals surface area contributed by atoms with E-state index in [1.807, 2.05) is 18.2 Å². The molecular formula is C7H5ISZn. The van der Waals surface area contributed by atoms with Crippen LogP contribution in [-0.4, -0.2) is 5.37 Å². The molecule has 1 aromatic rings. The summed E-state index contributed by atoms with van der Waals surface area (Å²) in [5.74, 6) is 0. The van der Waals surface area contributed by atoms with Gasteiger partial charge in [-0.3, -0.25) is 0 Å². The van der Waals surface area contributed by atoms with Crippen molar-refractivity contribution in [2.24, 2.45) is 0 Å². The maximum atomic E-state index is 4.80. The molecule has 3 heteroatoms. The van der Waals surface area contributed by atoms with Crippen LogP contribution in [0.1, 0.15) is 5.56 Å². The molecule has 0 heterocycles. The Balaban J connectivity index is 0.000000810. The zero-order valence-electron chi connectivity index (χ0n) is 5.38. The van der Waals surface area contributed by atoms with Crippen molar-refractivity contribution in [2.45, 2.75) is 0 Å². The third-order valence-electron chi connectivity index (χ3n) is 1.18. The molecule has 0 saturated heterocycles. The molecule has 10 heavy (non-hydrogen) atoms. The van der Waals surface area contributed by atoms with Crippen molar-refractivity contribution in [3.8, 4) is 0 Å². The minimum Gasteiger partial charge on any atom is -1.00 e. The van der Waals surface area contributed by atoms with Gasteiger partial charge in [0.25, 0.3) is 0 Å². The SMILES string of the molecule is S=Cc1cccc[c]1[Zn+].[I-]. The topological polar surface area (TPSA) is 0 Å². The monoisotopic (exact) mass is 312 g/mol. The van der Waals surface area contributed by atoms with E-state index in [1.54, 1.807) is 5.37 Å². The summed E-state index contributed by atoms with van der Waals surface area (Å²) < 4.78 is 1.37. The van der Waals surface area contributed by atoms with Crippen LogP contribution in [0.25, 0.3) is 0 Å². The predicted molar refractivity (Wildman–Crippen MR) is 38.8 cm³/mol. The van der Waals surface area contributed by atoms with Crippen LogP contribution in [0.15, 0.2) is 24.3 Å². The van der Waals surface area contributed by atoms with Crippen LogP contribution in [0, 0.1) is 0 Å². The average Bonchev–Trinajstić information content (AvgIpc) is 1.89. The molecule has 0 fully saturated rings. The van der Waals surface area contributed by atoms with Crippen LogP contribution in [0.3, 0.4) is 0 Å². The first kappa shape index (κ1) is 10.7. The summed E-state index contributed by atoms with van der Waals surface area (Å²) in [4.78, 5) is 0. The van der Waals surface area contributed by atoms with Gasteiger partial charge in [-0.1, -0.05) is 0 Å². The van der Waals surface area contributed by atoms with Gasteiger partial charge in [0.1, 0.15) is 0 Å². The fourth-order valence-electron chi connectivity index (χ4n) is 0.649. The molecule has 1 rings (SSSR count). The molecule has 1 aromatic carbocycles. The van der Waals surface area contributed by atoms with Crippen LogP contribution >= 0.6 is 12.2 Å². The molecule has 0 N–H and O–H groups in total. The quantitative estimate of drug-likeness (QED) is 0.335. The van der Waals surface area contributed by atoms with Gasteiger partial charge in [0.05, 0.1) is 0 Å². The van der Waals surface area contributed by atoms with Gasteiger partial charge in [-0.2, -0.15) is 0 Å². The summed E-state index contributed by atoms with van der Waals surface area (Å²) in [6, 6.07) is 8.21. The van der Waals surface area contributed by atoms with Crippen molar-refractivity contribution < 1.29 is 42.3 Å². The predicted octanol–water partition coefficient (Wildman–Crippen LogP) is -1.79. The van der Waals surface area contributed by atoms with Crippen molar-refractivity contribution in [2.75, 3.05) is 0 Å². The average molecular weight is 313 g/mol. The third-order valence-corrected chi connectivity index (χ3v) is 2.79. The summed E-state index contributed by atoms with van der Waals surface area (Å²) in [6.45, 7) is 0. The van der Waals surface area contributed by atoms with Crippen LogP contribution in [0.5, 0.6) is 0 Å². The molecule has 0 unspecified atom stereocenters. The van der Waals surface area contributed by atoms with Gasteiger partial charge in [0, 0.05) is 0 Å². The maximum Gasteiger partial charge on any atom is -1.00 e. The fraction of sp³-hybridized carbons (Fsp3) is 0. The van der Waals surface area contributed by atoms with E-state index in [9.17, 15) is 0 Å². The first-order chi connectivity index (χ1) is 4.34. The van der Waals surface area contributed by atoms with Crippen molar-refractivity contribution in [3.63, 3.8) is 0 Å². The van der Waals surface area contributed by atoms with E-state index < -0.39 is 0 Å². The van der Waals surface area contributed by atoms with Crippen LogP contribution in [0.2, 0.25) is 0 Å². The van der Waals surface area contributed by atoms with Crippen molar-refractivity contribution in [3.05, 3.63) is 29.8 Å². The number of halogens is 1. The molecule has 0 aliphatic carbocycles. The number of rotatable bonds is 1. The number of hydrogen-bond acceptors (Lipinski definition) is 1. The van der Waals surface area contributed by atoms with Gasteiger partial charge in [0.15, 0.2) is 0 Å². The van der Waals surface area contributed by atoms with E-state index in [1.165, 1.54) is 28.0 Å². The van der Waals surface area contributed by atoms with Gasteiger partial charge < -0.3 is 24.0 Å². The maximum absolute atomic E-state index is 4.80. The summed E-state index contributed by atoms with van der Waals surface area (Å²) in [7, 11) is 0. The Bertz CT molecular complexity index is 225. The second-order valence-corrected chi connectivity index (χ2v) is 3.65. The number of benzene rings is 1. The summed E-state index contributed by atoms with van der Waals surface area (Å²) in [6.07, 6.45) is 0. The van der Waals surface area contributed by atoms with Crippen molar-refractivity contribution in [1.29, 1.82) is 0 Å². The minimum absolute atomic E-state index is 0. The van der Waals surface area contributed by atoms with Crippen molar-refractivity contribution in [1.82, 2.24) is 0 Å². The Morgan fingerprint density at radius 3 is 2.30 bits per heavy atom. The third kappa shape index (κ3) is 2.73. The molecule has 0 aromatic heterocycles. The van der Waals surface area contributed by atoms with E-state index >= 15 is 0 Å². The number of thiocarbonyl (C=S) groups is 1. The molecule has 0 saturated carbocycles. The zero-order chi connectivity index (χ0) is 6.69. The van der Waals surface area contributed by atoms with E-state index in [0.717, 1.165) is 0 Å². The van der Waals surface area contributed by atoms with Gasteiger partial charge in [-0.15, -0.1) is 0 Å². The second-order valence-electron chi connectivity index (χ2n) is 1.82. The Kier molecular flexibility index (Phi) is 5.69. The standard InChI is InChI=1S/C7H5S.HI.Zn/c8-6-7-4-2-1-3-5-7;;/h1-4,6H;1H;/q;;+1/p-1. The van der Waals surface area contributed by atoms with Crippen molar-refractivity contribution >= 4 is 21.7 Å². The Morgan fingerprint density at radius 2 is 1.90 bits per heavy atom. The molecule has 0 aliphatic heterocycles. The molecule has 0 spiro atoms. The van der Waals surface area contributed by atoms with Gasteiger partial charge in [-0.05, 0) is 0 Å². The molecule has 0 bridgehead atoms. The van der Waals surface area contributed by atoms with E-state index in [0.29, 0.717) is 0 Å². The summed E-state index contributed by atoms with van der Waals surface area (Å²) >= 11 is 5.98. The summed E-state index contributed by atoms with van der Waals surface area (Å²) in [5.41, 5.74) is 1.20. The second kappa shape index (κ2) is 5.33. The van der Waals surface area contributed by atoms with Crippen LogP contribution in [-0.2, 0) is 18.3 Å². The Hall–Kier alpha value is 0.663. The van der Waals surface area contributed by atoms with Gasteiger partial charge in [-0.25, -0.2) is 0 Å². The van der Waals surface area contributed by atoms with Crippen LogP contribution in [0.4, 0.5) is 0 Å². The molecule has 0 nitrogen and oxygen atoms in total. The Labute approximate surface area is 93.1 Å². The Morgan fingerprint density at radius 1 is 1.30 bits per heavy atom. The minimum atomic E-state index is 0. The van der Waals surface area contributed by atoms with E-state index in [4.69, 9.17) is 12.2 Å². The smallest absolute Gasteiger partial charge is 1.00 e. The molecule has 0 amide bonds. The molecular weight excluding hydrogens is 308 g/mol. The first-order valence-electron chi connectivity index (χ1n) is 2.71. The number of hydrogen-bond donors (Lipinski definition) is 0.